The van der Waals surface area contributed by atoms with Gasteiger partial charge in [0.05, 0.1) is 0 Å². The predicted octanol–water partition coefficient (Wildman–Crippen LogP) is 0.363. The van der Waals surface area contributed by atoms with Gasteiger partial charge in [-0.05, 0) is 6.42 Å². The fourth-order valence-corrected chi connectivity index (χ4v) is 0.673. The molecule has 1 unspecified atom stereocenters. The normalized spacial score (nSPS) is 13.1. The first-order valence-electron chi connectivity index (χ1n) is 3.42. The van der Waals surface area contributed by atoms with Crippen LogP contribution >= 0.6 is 0 Å². The summed E-state index contributed by atoms with van der Waals surface area (Å²) in [5, 5.41) is 9.02. The van der Waals surface area contributed by atoms with Crippen LogP contribution in [0.3, 0.4) is 0 Å². The maximum absolute atomic E-state index is 10.8. The number of carbonyl (C=O) groups is 1. The zero-order chi connectivity index (χ0) is 7.98. The summed E-state index contributed by atoms with van der Waals surface area (Å²) >= 11 is 0. The summed E-state index contributed by atoms with van der Waals surface area (Å²) < 4.78 is 4.56. The molecule has 10 heavy (non-hydrogen) atoms. The summed E-state index contributed by atoms with van der Waals surface area (Å²) in [6.45, 7) is 1.93. The molecule has 3 heteroatoms. The number of methoxy groups -OCH3 is 1. The van der Waals surface area contributed by atoms with E-state index < -0.39 is 6.10 Å². The van der Waals surface area contributed by atoms with E-state index in [2.05, 4.69) is 4.74 Å². The quantitative estimate of drug-likeness (QED) is 0.609. The second kappa shape index (κ2) is 5.38. The molecule has 0 aromatic rings. The highest BCUT2D eigenvalue weighted by atomic mass is 16.5. The third kappa shape index (κ3) is 3.58. The number of ether oxygens (including phenoxy) is 1. The number of hydrogen-bond acceptors (Lipinski definition) is 3. The molecule has 3 nitrogen and oxygen atoms in total. The zero-order valence-electron chi connectivity index (χ0n) is 6.46. The van der Waals surface area contributed by atoms with E-state index in [1.807, 2.05) is 6.92 Å². The molecule has 1 N–H and O–H groups in total. The first-order chi connectivity index (χ1) is 4.72. The van der Waals surface area contributed by atoms with Crippen LogP contribution in [0.4, 0.5) is 0 Å². The summed E-state index contributed by atoms with van der Waals surface area (Å²) in [5.41, 5.74) is 0. The molecule has 0 saturated heterocycles. The van der Waals surface area contributed by atoms with Crippen molar-refractivity contribution in [2.45, 2.75) is 25.9 Å². The predicted molar refractivity (Wildman–Crippen MR) is 37.8 cm³/mol. The van der Waals surface area contributed by atoms with Gasteiger partial charge in [0, 0.05) is 7.11 Å². The van der Waals surface area contributed by atoms with E-state index in [1.54, 1.807) is 0 Å². The molecule has 0 radical (unpaired) electrons. The topological polar surface area (TPSA) is 46.5 Å². The van der Waals surface area contributed by atoms with Gasteiger partial charge in [0.15, 0.2) is 5.78 Å². The molecule has 0 spiro atoms. The number of Topliss-reactive ketones (excluding diaryl/α,β-unsaturated/α-hetero) is 1. The first-order valence-corrected chi connectivity index (χ1v) is 3.42. The van der Waals surface area contributed by atoms with Crippen LogP contribution < -0.4 is 0 Å². The number of aliphatic hydroxyl groups excluding tert-OH is 1. The van der Waals surface area contributed by atoms with Crippen molar-refractivity contribution < 1.29 is 14.6 Å². The van der Waals surface area contributed by atoms with Crippen molar-refractivity contribution in [1.82, 2.24) is 0 Å². The number of aliphatic hydroxyl groups is 1. The van der Waals surface area contributed by atoms with Crippen LogP contribution in [-0.4, -0.2) is 30.7 Å². The Hall–Kier alpha value is -0.410. The van der Waals surface area contributed by atoms with Gasteiger partial charge in [-0.15, -0.1) is 0 Å². The highest BCUT2D eigenvalue weighted by Gasteiger charge is 2.12. The van der Waals surface area contributed by atoms with Crippen molar-refractivity contribution in [3.63, 3.8) is 0 Å². The molecule has 0 saturated carbocycles. The minimum absolute atomic E-state index is 0.0150. The number of carbonyl (C=O) groups excluding carboxylic acids is 1. The van der Waals surface area contributed by atoms with E-state index in [9.17, 15) is 4.79 Å². The Morgan fingerprint density at radius 2 is 2.30 bits per heavy atom. The van der Waals surface area contributed by atoms with Crippen molar-refractivity contribution in [1.29, 1.82) is 0 Å². The Morgan fingerprint density at radius 1 is 1.70 bits per heavy atom. The van der Waals surface area contributed by atoms with Crippen LogP contribution in [0.5, 0.6) is 0 Å². The van der Waals surface area contributed by atoms with Crippen LogP contribution in [0.1, 0.15) is 19.8 Å². The Bertz CT molecular complexity index is 101. The Labute approximate surface area is 61.0 Å². The molecular weight excluding hydrogens is 132 g/mol. The van der Waals surface area contributed by atoms with Gasteiger partial charge in [0.1, 0.15) is 12.7 Å². The van der Waals surface area contributed by atoms with E-state index in [0.717, 1.165) is 6.42 Å². The van der Waals surface area contributed by atoms with Gasteiger partial charge in [-0.1, -0.05) is 13.3 Å². The molecule has 0 aliphatic heterocycles. The third-order valence-electron chi connectivity index (χ3n) is 1.22. The fraction of sp³-hybridized carbons (Fsp3) is 0.857. The molecule has 0 aromatic carbocycles. The van der Waals surface area contributed by atoms with Crippen molar-refractivity contribution in [3.05, 3.63) is 0 Å². The molecular formula is C7H14O3. The van der Waals surface area contributed by atoms with Gasteiger partial charge < -0.3 is 9.84 Å². The highest BCUT2D eigenvalue weighted by molar-refractivity contribution is 5.83. The maximum atomic E-state index is 10.8. The summed E-state index contributed by atoms with van der Waals surface area (Å²) in [5.74, 6) is -0.232. The van der Waals surface area contributed by atoms with Crippen molar-refractivity contribution in [3.8, 4) is 0 Å². The lowest BCUT2D eigenvalue weighted by atomic mass is 10.1. The summed E-state index contributed by atoms with van der Waals surface area (Å²) in [6.07, 6.45) is 0.517. The highest BCUT2D eigenvalue weighted by Crippen LogP contribution is 1.96. The minimum atomic E-state index is -0.829. The smallest absolute Gasteiger partial charge is 0.186 e. The van der Waals surface area contributed by atoms with Crippen LogP contribution in [0.2, 0.25) is 0 Å². The van der Waals surface area contributed by atoms with Gasteiger partial charge in [-0.2, -0.15) is 0 Å². The van der Waals surface area contributed by atoms with Crippen LogP contribution in [0.15, 0.2) is 0 Å². The van der Waals surface area contributed by atoms with Crippen LogP contribution in [0, 0.1) is 0 Å². The maximum Gasteiger partial charge on any atom is 0.186 e. The monoisotopic (exact) mass is 146 g/mol. The van der Waals surface area contributed by atoms with Gasteiger partial charge in [-0.3, -0.25) is 4.79 Å². The SMILES string of the molecule is CCCC(O)C(=O)COC. The standard InChI is InChI=1S/C7H14O3/c1-3-4-6(8)7(9)5-10-2/h6,8H,3-5H2,1-2H3. The molecule has 0 aromatic heterocycles. The minimum Gasteiger partial charge on any atom is -0.385 e. The van der Waals surface area contributed by atoms with Crippen LogP contribution in [0.25, 0.3) is 0 Å². The number of hydrogen-bond donors (Lipinski definition) is 1. The van der Waals surface area contributed by atoms with Crippen LogP contribution in [-0.2, 0) is 9.53 Å². The molecule has 0 rings (SSSR count). The van der Waals surface area contributed by atoms with E-state index in [0.29, 0.717) is 6.42 Å². The third-order valence-corrected chi connectivity index (χ3v) is 1.22. The summed E-state index contributed by atoms with van der Waals surface area (Å²) in [6, 6.07) is 0. The van der Waals surface area contributed by atoms with Crippen molar-refractivity contribution in [2.75, 3.05) is 13.7 Å². The van der Waals surface area contributed by atoms with Gasteiger partial charge in [0.2, 0.25) is 0 Å². The average molecular weight is 146 g/mol. The van der Waals surface area contributed by atoms with Crippen molar-refractivity contribution >= 4 is 5.78 Å². The Kier molecular flexibility index (Phi) is 5.16. The lowest BCUT2D eigenvalue weighted by Gasteiger charge is -2.05. The Morgan fingerprint density at radius 3 is 2.70 bits per heavy atom. The molecule has 0 heterocycles. The molecule has 0 amide bonds. The summed E-state index contributed by atoms with van der Waals surface area (Å²) in [4.78, 5) is 10.8. The lowest BCUT2D eigenvalue weighted by molar-refractivity contribution is -0.131. The second-order valence-electron chi connectivity index (χ2n) is 2.20. The Balaban J connectivity index is 3.49. The summed E-state index contributed by atoms with van der Waals surface area (Å²) in [7, 11) is 1.44. The molecule has 0 fully saturated rings. The van der Waals surface area contributed by atoms with Gasteiger partial charge in [-0.25, -0.2) is 0 Å². The molecule has 1 atom stereocenters. The van der Waals surface area contributed by atoms with E-state index in [4.69, 9.17) is 5.11 Å². The fourth-order valence-electron chi connectivity index (χ4n) is 0.673. The number of rotatable bonds is 5. The van der Waals surface area contributed by atoms with E-state index >= 15 is 0 Å². The molecule has 0 aliphatic rings. The first kappa shape index (κ1) is 9.59. The zero-order valence-corrected chi connectivity index (χ0v) is 6.46. The van der Waals surface area contributed by atoms with Crippen molar-refractivity contribution in [2.24, 2.45) is 0 Å². The van der Waals surface area contributed by atoms with E-state index in [1.165, 1.54) is 7.11 Å². The van der Waals surface area contributed by atoms with Gasteiger partial charge >= 0.3 is 0 Å². The second-order valence-corrected chi connectivity index (χ2v) is 2.20. The molecule has 0 aliphatic carbocycles. The molecule has 0 bridgehead atoms. The van der Waals surface area contributed by atoms with E-state index in [-0.39, 0.29) is 12.4 Å². The average Bonchev–Trinajstić information content (AvgIpc) is 1.89. The largest absolute Gasteiger partial charge is 0.385 e. The number of ketones is 1. The lowest BCUT2D eigenvalue weighted by Crippen LogP contribution is -2.23. The van der Waals surface area contributed by atoms with Gasteiger partial charge in [0.25, 0.3) is 0 Å². The molecule has 60 valence electrons.